The number of nitrogens with one attached hydrogen (secondary N) is 1. The lowest BCUT2D eigenvalue weighted by Crippen LogP contribution is -2.31. The molecule has 1 N–H and O–H groups in total. The summed E-state index contributed by atoms with van der Waals surface area (Å²) < 4.78 is 1.80. The molecule has 1 atom stereocenters. The molecule has 2 aromatic heterocycles. The molecule has 2 heterocycles. The maximum absolute atomic E-state index is 12.7. The Kier molecular flexibility index (Phi) is 5.69. The molecule has 140 valence electrons. The van der Waals surface area contributed by atoms with Crippen LogP contribution in [0.2, 0.25) is 0 Å². The maximum Gasteiger partial charge on any atom is 0.253 e. The molecule has 0 aliphatic heterocycles. The quantitative estimate of drug-likeness (QED) is 0.701. The molecule has 1 unspecified atom stereocenters. The highest BCUT2D eigenvalue weighted by Crippen LogP contribution is 2.24. The van der Waals surface area contributed by atoms with Crippen molar-refractivity contribution in [1.29, 1.82) is 0 Å². The van der Waals surface area contributed by atoms with Crippen molar-refractivity contribution in [2.45, 2.75) is 39.7 Å². The Morgan fingerprint density at radius 2 is 1.70 bits per heavy atom. The minimum atomic E-state index is -0.119. The number of aromatic nitrogens is 3. The van der Waals surface area contributed by atoms with Gasteiger partial charge in [-0.15, -0.1) is 0 Å². The number of benzene rings is 1. The first-order valence-corrected chi connectivity index (χ1v) is 9.31. The van der Waals surface area contributed by atoms with E-state index in [2.05, 4.69) is 67.2 Å². The number of amides is 1. The van der Waals surface area contributed by atoms with Crippen molar-refractivity contribution in [1.82, 2.24) is 19.9 Å². The minimum absolute atomic E-state index is 0.0490. The van der Waals surface area contributed by atoms with E-state index in [0.717, 1.165) is 11.4 Å². The van der Waals surface area contributed by atoms with Gasteiger partial charge in [-0.3, -0.25) is 9.36 Å². The summed E-state index contributed by atoms with van der Waals surface area (Å²) in [6, 6.07) is 12.1. The second kappa shape index (κ2) is 8.16. The van der Waals surface area contributed by atoms with E-state index in [4.69, 9.17) is 0 Å². The first-order chi connectivity index (χ1) is 13.0. The van der Waals surface area contributed by atoms with Gasteiger partial charge in [-0.1, -0.05) is 52.0 Å². The zero-order valence-electron chi connectivity index (χ0n) is 16.3. The smallest absolute Gasteiger partial charge is 0.253 e. The monoisotopic (exact) mass is 362 g/mol. The molecule has 1 amide bonds. The van der Waals surface area contributed by atoms with E-state index in [0.29, 0.717) is 11.5 Å². The van der Waals surface area contributed by atoms with Crippen molar-refractivity contribution in [2.75, 3.05) is 0 Å². The van der Waals surface area contributed by atoms with Crippen LogP contribution >= 0.6 is 0 Å². The molecule has 3 rings (SSSR count). The molecule has 0 radical (unpaired) electrons. The van der Waals surface area contributed by atoms with E-state index in [1.807, 2.05) is 12.3 Å². The van der Waals surface area contributed by atoms with Crippen LogP contribution < -0.4 is 5.32 Å². The van der Waals surface area contributed by atoms with E-state index in [-0.39, 0.29) is 17.9 Å². The summed E-state index contributed by atoms with van der Waals surface area (Å²) in [7, 11) is 0. The molecule has 5 nitrogen and oxygen atoms in total. The van der Waals surface area contributed by atoms with Gasteiger partial charge >= 0.3 is 0 Å². The minimum Gasteiger partial charge on any atom is -0.345 e. The number of hydrogen-bond donors (Lipinski definition) is 1. The van der Waals surface area contributed by atoms with Crippen molar-refractivity contribution in [2.24, 2.45) is 5.92 Å². The lowest BCUT2D eigenvalue weighted by atomic mass is 9.93. The van der Waals surface area contributed by atoms with E-state index >= 15 is 0 Å². The van der Waals surface area contributed by atoms with Crippen LogP contribution in [0.5, 0.6) is 0 Å². The van der Waals surface area contributed by atoms with E-state index in [1.165, 1.54) is 5.56 Å². The van der Waals surface area contributed by atoms with Crippen LogP contribution in [0.1, 0.15) is 61.1 Å². The highest BCUT2D eigenvalue weighted by Gasteiger charge is 2.19. The SMILES string of the molecule is CC(C)c1ccc(C(NC(=O)c2ccc(-n3ccnc3)nc2)C(C)C)cc1. The molecule has 3 aromatic rings. The summed E-state index contributed by atoms with van der Waals surface area (Å²) >= 11 is 0. The van der Waals surface area contributed by atoms with Crippen molar-refractivity contribution in [3.63, 3.8) is 0 Å². The first kappa shape index (κ1) is 18.8. The molecular formula is C22H26N4O. The molecular weight excluding hydrogens is 336 g/mol. The lowest BCUT2D eigenvalue weighted by Gasteiger charge is -2.23. The van der Waals surface area contributed by atoms with Crippen LogP contribution in [-0.2, 0) is 0 Å². The third-order valence-electron chi connectivity index (χ3n) is 4.69. The molecule has 0 aliphatic rings. The standard InChI is InChI=1S/C22H26N4O/c1-15(2)17-5-7-18(8-6-17)21(16(3)4)25-22(27)19-9-10-20(24-13-19)26-12-11-23-14-26/h5-16,21H,1-4H3,(H,25,27). The molecule has 5 heteroatoms. The van der Waals surface area contributed by atoms with E-state index in [1.54, 1.807) is 29.4 Å². The van der Waals surface area contributed by atoms with Gasteiger partial charge in [0.25, 0.3) is 5.91 Å². The van der Waals surface area contributed by atoms with Crippen molar-refractivity contribution in [3.8, 4) is 5.82 Å². The van der Waals surface area contributed by atoms with Crippen molar-refractivity contribution in [3.05, 3.63) is 78.0 Å². The van der Waals surface area contributed by atoms with Gasteiger partial charge in [0.05, 0.1) is 11.6 Å². The highest BCUT2D eigenvalue weighted by atomic mass is 16.1. The third-order valence-corrected chi connectivity index (χ3v) is 4.69. The summed E-state index contributed by atoms with van der Waals surface area (Å²) in [5, 5.41) is 3.15. The molecule has 27 heavy (non-hydrogen) atoms. The zero-order valence-corrected chi connectivity index (χ0v) is 16.3. The van der Waals surface area contributed by atoms with Gasteiger partial charge in [0, 0.05) is 18.6 Å². The predicted octanol–water partition coefficient (Wildman–Crippen LogP) is 4.52. The van der Waals surface area contributed by atoms with Gasteiger partial charge in [0.2, 0.25) is 0 Å². The van der Waals surface area contributed by atoms with Crippen LogP contribution in [0.4, 0.5) is 0 Å². The Morgan fingerprint density at radius 1 is 1.00 bits per heavy atom. The van der Waals surface area contributed by atoms with E-state index in [9.17, 15) is 4.79 Å². The van der Waals surface area contributed by atoms with Crippen LogP contribution in [0.15, 0.2) is 61.3 Å². The molecule has 0 spiro atoms. The maximum atomic E-state index is 12.7. The summed E-state index contributed by atoms with van der Waals surface area (Å²) in [5.74, 6) is 1.38. The number of carbonyl (C=O) groups excluding carboxylic acids is 1. The molecule has 0 bridgehead atoms. The normalized spacial score (nSPS) is 12.4. The number of rotatable bonds is 6. The van der Waals surface area contributed by atoms with Gasteiger partial charge < -0.3 is 5.32 Å². The van der Waals surface area contributed by atoms with Gasteiger partial charge in [0.1, 0.15) is 12.1 Å². The van der Waals surface area contributed by atoms with Crippen LogP contribution in [0.25, 0.3) is 5.82 Å². The average molecular weight is 362 g/mol. The number of carbonyl (C=O) groups is 1. The molecule has 1 aromatic carbocycles. The summed E-state index contributed by atoms with van der Waals surface area (Å²) in [6.45, 7) is 8.58. The second-order valence-corrected chi connectivity index (χ2v) is 7.39. The summed E-state index contributed by atoms with van der Waals surface area (Å²) in [4.78, 5) is 21.1. The third kappa shape index (κ3) is 4.42. The summed E-state index contributed by atoms with van der Waals surface area (Å²) in [6.07, 6.45) is 6.79. The number of imidazole rings is 1. The largest absolute Gasteiger partial charge is 0.345 e. The molecule has 0 saturated carbocycles. The highest BCUT2D eigenvalue weighted by molar-refractivity contribution is 5.94. The Balaban J connectivity index is 1.75. The lowest BCUT2D eigenvalue weighted by molar-refractivity contribution is 0.0925. The fraction of sp³-hybridized carbons (Fsp3) is 0.318. The van der Waals surface area contributed by atoms with Gasteiger partial charge in [-0.05, 0) is 35.1 Å². The first-order valence-electron chi connectivity index (χ1n) is 9.31. The van der Waals surface area contributed by atoms with Crippen molar-refractivity contribution >= 4 is 5.91 Å². The Labute approximate surface area is 160 Å². The summed E-state index contributed by atoms with van der Waals surface area (Å²) in [5.41, 5.74) is 2.96. The Hall–Kier alpha value is -2.95. The number of pyridine rings is 1. The van der Waals surface area contributed by atoms with Crippen LogP contribution in [0, 0.1) is 5.92 Å². The molecule has 0 saturated heterocycles. The van der Waals surface area contributed by atoms with Gasteiger partial charge in [0.15, 0.2) is 0 Å². The van der Waals surface area contributed by atoms with Crippen molar-refractivity contribution < 1.29 is 4.79 Å². The van der Waals surface area contributed by atoms with Crippen LogP contribution in [-0.4, -0.2) is 20.4 Å². The zero-order chi connectivity index (χ0) is 19.4. The van der Waals surface area contributed by atoms with Gasteiger partial charge in [-0.2, -0.15) is 0 Å². The predicted molar refractivity (Wildman–Crippen MR) is 107 cm³/mol. The van der Waals surface area contributed by atoms with Crippen LogP contribution in [0.3, 0.4) is 0 Å². The topological polar surface area (TPSA) is 59.8 Å². The van der Waals surface area contributed by atoms with Gasteiger partial charge in [-0.25, -0.2) is 9.97 Å². The second-order valence-electron chi connectivity index (χ2n) is 7.39. The number of hydrogen-bond acceptors (Lipinski definition) is 3. The average Bonchev–Trinajstić information content (AvgIpc) is 3.20. The molecule has 0 aliphatic carbocycles. The Bertz CT molecular complexity index is 866. The Morgan fingerprint density at radius 3 is 2.22 bits per heavy atom. The van der Waals surface area contributed by atoms with E-state index < -0.39 is 0 Å². The fourth-order valence-electron chi connectivity index (χ4n) is 3.02. The number of nitrogens with zero attached hydrogens (tertiary/aromatic N) is 3. The molecule has 0 fully saturated rings. The fourth-order valence-corrected chi connectivity index (χ4v) is 3.02.